The zero-order chi connectivity index (χ0) is 29.5. The molecule has 2 aliphatic rings. The predicted octanol–water partition coefficient (Wildman–Crippen LogP) is 2.30. The molecule has 0 bridgehead atoms. The number of methoxy groups -OCH3 is 1. The molecule has 2 amide bonds. The van der Waals surface area contributed by atoms with E-state index >= 15 is 0 Å². The summed E-state index contributed by atoms with van der Waals surface area (Å²) in [5, 5.41) is 31.8. The molecule has 2 aliphatic heterocycles. The average molecular weight is 562 g/mol. The largest absolute Gasteiger partial charge is 0.497 e. The Bertz CT molecular complexity index is 1130. The Morgan fingerprint density at radius 1 is 1.32 bits per heavy atom. The van der Waals surface area contributed by atoms with Crippen LogP contribution in [0, 0.1) is 11.3 Å². The minimum Gasteiger partial charge on any atom is -0.497 e. The van der Waals surface area contributed by atoms with Crippen molar-refractivity contribution in [3.8, 4) is 11.8 Å². The first-order chi connectivity index (χ1) is 18.8. The maximum absolute atomic E-state index is 13.8. The molecular weight excluding hydrogens is 525 g/mol. The monoisotopic (exact) mass is 562 g/mol. The quantitative estimate of drug-likeness (QED) is 0.225. The maximum Gasteiger partial charge on any atom is 0.475 e. The molecule has 2 atom stereocenters. The third-order valence-electron chi connectivity index (χ3n) is 7.38. The zero-order valence-electron chi connectivity index (χ0n) is 23.1. The highest BCUT2D eigenvalue weighted by atomic mass is 19.3. The van der Waals surface area contributed by atoms with Gasteiger partial charge in [-0.25, -0.2) is 13.6 Å². The van der Waals surface area contributed by atoms with E-state index in [1.165, 1.54) is 18.1 Å². The van der Waals surface area contributed by atoms with Gasteiger partial charge >= 0.3 is 13.2 Å². The number of piperidine rings is 1. The Morgan fingerprint density at radius 2 is 2.08 bits per heavy atom. The fourth-order valence-electron chi connectivity index (χ4n) is 5.06. The highest BCUT2D eigenvalue weighted by molar-refractivity contribution is 6.43. The number of nitriles is 1. The smallest absolute Gasteiger partial charge is 0.475 e. The summed E-state index contributed by atoms with van der Waals surface area (Å²) < 4.78 is 38.1. The maximum atomic E-state index is 13.8. The van der Waals surface area contributed by atoms with Crippen molar-refractivity contribution in [1.29, 1.82) is 5.26 Å². The van der Waals surface area contributed by atoms with Crippen molar-refractivity contribution in [3.63, 3.8) is 0 Å². The van der Waals surface area contributed by atoms with Crippen LogP contribution in [-0.2, 0) is 16.0 Å². The number of alkyl carbamates (subject to hydrolysis) is 1. The normalized spacial score (nSPS) is 20.4. The number of likely N-dealkylation sites (tertiary alicyclic amines) is 2. The van der Waals surface area contributed by atoms with E-state index in [1.54, 1.807) is 43.0 Å². The summed E-state index contributed by atoms with van der Waals surface area (Å²) in [4.78, 5) is 28.9. The number of hydrogen-bond donors (Lipinski definition) is 3. The number of hydrogen-bond acceptors (Lipinski definition) is 8. The highest BCUT2D eigenvalue weighted by Crippen LogP contribution is 2.33. The first-order valence-corrected chi connectivity index (χ1v) is 13.3. The van der Waals surface area contributed by atoms with Crippen molar-refractivity contribution in [2.45, 2.75) is 69.4 Å². The highest BCUT2D eigenvalue weighted by Gasteiger charge is 2.43. The topological polar surface area (TPSA) is 135 Å². The molecule has 2 saturated heterocycles. The van der Waals surface area contributed by atoms with Crippen LogP contribution in [0.5, 0.6) is 5.75 Å². The van der Waals surface area contributed by atoms with Crippen molar-refractivity contribution >= 4 is 19.1 Å². The lowest BCUT2D eigenvalue weighted by Crippen LogP contribution is -2.50. The van der Waals surface area contributed by atoms with Crippen LogP contribution in [-0.4, -0.2) is 95.8 Å². The first kappa shape index (κ1) is 31.3. The number of rotatable bonds is 10. The van der Waals surface area contributed by atoms with E-state index < -0.39 is 49.1 Å². The van der Waals surface area contributed by atoms with Crippen LogP contribution in [0.4, 0.5) is 13.6 Å². The SMILES string of the molecule is COc1cccc(C[C@H](NC(=O)OC[C@H]2CCCCN2C(=O)C(C#N)=CC(C)(C)N2CCC(F)(F)C2)B(O)O)c1. The molecule has 0 radical (unpaired) electrons. The van der Waals surface area contributed by atoms with Gasteiger partial charge < -0.3 is 29.7 Å². The number of alkyl halides is 2. The molecule has 3 N–H and O–H groups in total. The number of carbonyl (C=O) groups excluding carboxylic acids is 2. The van der Waals surface area contributed by atoms with Gasteiger partial charge in [0.25, 0.3) is 11.8 Å². The molecule has 3 rings (SSSR count). The summed E-state index contributed by atoms with van der Waals surface area (Å²) >= 11 is 0. The van der Waals surface area contributed by atoms with E-state index in [2.05, 4.69) is 5.32 Å². The van der Waals surface area contributed by atoms with Gasteiger partial charge in [-0.2, -0.15) is 5.26 Å². The molecule has 218 valence electrons. The first-order valence-electron chi connectivity index (χ1n) is 13.3. The van der Waals surface area contributed by atoms with E-state index in [0.717, 1.165) is 6.42 Å². The number of ether oxygens (including phenoxy) is 2. The molecule has 0 aromatic heterocycles. The van der Waals surface area contributed by atoms with Gasteiger partial charge in [0.05, 0.1) is 25.6 Å². The van der Waals surface area contributed by atoms with E-state index in [4.69, 9.17) is 9.47 Å². The van der Waals surface area contributed by atoms with Crippen molar-refractivity contribution in [2.75, 3.05) is 33.4 Å². The van der Waals surface area contributed by atoms with E-state index in [0.29, 0.717) is 30.7 Å². The van der Waals surface area contributed by atoms with Crippen molar-refractivity contribution < 1.29 is 37.9 Å². The second kappa shape index (κ2) is 13.4. The standard InChI is InChI=1S/C27H37BF2N4O6/c1-26(2,33-12-10-27(29,30)18-33)15-20(16-31)24(35)34-11-5-4-8-21(34)17-40-25(36)32-23(28(37)38)14-19-7-6-9-22(13-19)39-3/h6-7,9,13,15,21,23,37-38H,4-5,8,10-12,14,17-18H2,1-3H3,(H,32,36)/t21-,23+/m1/s1. The summed E-state index contributed by atoms with van der Waals surface area (Å²) in [6, 6.07) is 8.38. The third kappa shape index (κ3) is 8.40. The number of amides is 2. The van der Waals surface area contributed by atoms with Gasteiger partial charge in [0, 0.05) is 25.0 Å². The summed E-state index contributed by atoms with van der Waals surface area (Å²) in [6.45, 7) is 3.28. The summed E-state index contributed by atoms with van der Waals surface area (Å²) in [6.07, 6.45) is 2.40. The van der Waals surface area contributed by atoms with Gasteiger partial charge in [0.15, 0.2) is 0 Å². The lowest BCUT2D eigenvalue weighted by Gasteiger charge is -2.36. The van der Waals surface area contributed by atoms with Gasteiger partial charge in [-0.3, -0.25) is 9.69 Å². The molecular formula is C27H37BF2N4O6. The Kier molecular flexibility index (Phi) is 10.5. The molecule has 13 heteroatoms. The van der Waals surface area contributed by atoms with Crippen LogP contribution in [0.25, 0.3) is 0 Å². The Labute approximate surface area is 233 Å². The second-order valence-electron chi connectivity index (χ2n) is 10.8. The lowest BCUT2D eigenvalue weighted by molar-refractivity contribution is -0.131. The van der Waals surface area contributed by atoms with Gasteiger partial charge in [-0.05, 0) is 63.3 Å². The van der Waals surface area contributed by atoms with Crippen LogP contribution in [0.1, 0.15) is 45.1 Å². The lowest BCUT2D eigenvalue weighted by atomic mass is 9.76. The van der Waals surface area contributed by atoms with E-state index in [9.17, 15) is 33.7 Å². The molecule has 0 unspecified atom stereocenters. The number of benzene rings is 1. The Balaban J connectivity index is 1.63. The van der Waals surface area contributed by atoms with Crippen LogP contribution >= 0.6 is 0 Å². The van der Waals surface area contributed by atoms with Gasteiger partial charge in [-0.1, -0.05) is 12.1 Å². The Hall–Kier alpha value is -3.21. The molecule has 0 saturated carbocycles. The van der Waals surface area contributed by atoms with Crippen molar-refractivity contribution in [3.05, 3.63) is 41.5 Å². The number of carbonyl (C=O) groups is 2. The fourth-order valence-corrected chi connectivity index (χ4v) is 5.06. The molecule has 40 heavy (non-hydrogen) atoms. The predicted molar refractivity (Wildman–Crippen MR) is 143 cm³/mol. The zero-order valence-corrected chi connectivity index (χ0v) is 23.1. The summed E-state index contributed by atoms with van der Waals surface area (Å²) in [7, 11) is -0.342. The Morgan fingerprint density at radius 3 is 2.70 bits per heavy atom. The second-order valence-corrected chi connectivity index (χ2v) is 10.8. The molecule has 1 aromatic rings. The number of halogens is 2. The van der Waals surface area contributed by atoms with Gasteiger partial charge in [-0.15, -0.1) is 0 Å². The molecule has 1 aromatic carbocycles. The average Bonchev–Trinajstić information content (AvgIpc) is 3.30. The molecule has 0 spiro atoms. The molecule has 10 nitrogen and oxygen atoms in total. The molecule has 0 aliphatic carbocycles. The van der Waals surface area contributed by atoms with Crippen LogP contribution in [0.15, 0.2) is 35.9 Å². The van der Waals surface area contributed by atoms with Crippen molar-refractivity contribution in [1.82, 2.24) is 15.1 Å². The molecule has 2 fully saturated rings. The van der Waals surface area contributed by atoms with E-state index in [1.807, 2.05) is 6.07 Å². The van der Waals surface area contributed by atoms with Crippen molar-refractivity contribution in [2.24, 2.45) is 0 Å². The minimum atomic E-state index is -2.81. The van der Waals surface area contributed by atoms with Crippen LogP contribution in [0.2, 0.25) is 0 Å². The van der Waals surface area contributed by atoms with Gasteiger partial charge in [0.1, 0.15) is 24.0 Å². The third-order valence-corrected chi connectivity index (χ3v) is 7.38. The van der Waals surface area contributed by atoms with E-state index in [-0.39, 0.29) is 31.6 Å². The molecule has 2 heterocycles. The number of nitrogens with zero attached hydrogens (tertiary/aromatic N) is 3. The fraction of sp³-hybridized carbons (Fsp3) is 0.593. The summed E-state index contributed by atoms with van der Waals surface area (Å²) in [5.74, 6) is -3.83. The van der Waals surface area contributed by atoms with Crippen LogP contribution in [0.3, 0.4) is 0 Å². The number of nitrogens with one attached hydrogen (secondary N) is 1. The minimum absolute atomic E-state index is 0.104. The van der Waals surface area contributed by atoms with Gasteiger partial charge in [0.2, 0.25) is 0 Å². The summed E-state index contributed by atoms with van der Waals surface area (Å²) in [5.41, 5.74) is -0.387. The van der Waals surface area contributed by atoms with Crippen LogP contribution < -0.4 is 10.1 Å².